The van der Waals surface area contributed by atoms with Gasteiger partial charge in [0.25, 0.3) is 5.91 Å². The van der Waals surface area contributed by atoms with E-state index in [1.165, 1.54) is 0 Å². The molecule has 0 saturated heterocycles. The first-order chi connectivity index (χ1) is 14.6. The Morgan fingerprint density at radius 3 is 2.27 bits per heavy atom. The summed E-state index contributed by atoms with van der Waals surface area (Å²) in [6.07, 6.45) is 2.76. The molecule has 7 heteroatoms. The largest absolute Gasteiger partial charge is 0.357 e. The summed E-state index contributed by atoms with van der Waals surface area (Å²) in [4.78, 5) is 26.9. The van der Waals surface area contributed by atoms with Crippen LogP contribution in [0.3, 0.4) is 0 Å². The number of nitrogens with zero attached hydrogens (tertiary/aromatic N) is 6. The van der Waals surface area contributed by atoms with Crippen molar-refractivity contribution in [2.24, 2.45) is 0 Å². The molecule has 1 amide bonds. The summed E-state index contributed by atoms with van der Waals surface area (Å²) in [5.41, 5.74) is 4.10. The first-order valence-corrected chi connectivity index (χ1v) is 10.0. The monoisotopic (exact) mass is 398 g/mol. The summed E-state index contributed by atoms with van der Waals surface area (Å²) < 4.78 is 1.80. The van der Waals surface area contributed by atoms with Gasteiger partial charge in [-0.25, -0.2) is 14.6 Å². The fraction of sp³-hybridized carbons (Fsp3) is 0.217. The molecule has 30 heavy (non-hydrogen) atoms. The van der Waals surface area contributed by atoms with Gasteiger partial charge in [-0.15, -0.1) is 0 Å². The number of rotatable bonds is 2. The van der Waals surface area contributed by atoms with E-state index in [1.54, 1.807) is 9.58 Å². The molecule has 3 heterocycles. The molecule has 150 valence electrons. The Hall–Kier alpha value is -3.74. The number of hydrogen-bond donors (Lipinski definition) is 0. The highest BCUT2D eigenvalue weighted by Gasteiger charge is 2.27. The zero-order valence-electron chi connectivity index (χ0n) is 17.0. The van der Waals surface area contributed by atoms with Crippen molar-refractivity contribution in [3.05, 3.63) is 72.1 Å². The maximum Gasteiger partial charge on any atom is 0.259 e. The molecule has 1 aliphatic rings. The molecule has 0 N–H and O–H groups in total. The van der Waals surface area contributed by atoms with Crippen LogP contribution >= 0.6 is 0 Å². The van der Waals surface area contributed by atoms with Crippen LogP contribution in [0, 0.1) is 6.92 Å². The van der Waals surface area contributed by atoms with Crippen molar-refractivity contribution in [3.63, 3.8) is 0 Å². The van der Waals surface area contributed by atoms with Crippen LogP contribution in [-0.4, -0.2) is 45.8 Å². The van der Waals surface area contributed by atoms with E-state index in [9.17, 15) is 4.79 Å². The van der Waals surface area contributed by atoms with Gasteiger partial charge in [0.15, 0.2) is 11.6 Å². The summed E-state index contributed by atoms with van der Waals surface area (Å²) >= 11 is 0. The first kappa shape index (κ1) is 18.3. The molecule has 2 aromatic carbocycles. The highest BCUT2D eigenvalue weighted by Crippen LogP contribution is 2.31. The van der Waals surface area contributed by atoms with Gasteiger partial charge in [0.05, 0.1) is 22.4 Å². The van der Waals surface area contributed by atoms with Crippen molar-refractivity contribution >= 4 is 28.6 Å². The fourth-order valence-corrected chi connectivity index (χ4v) is 3.77. The number of anilines is 2. The number of carbonyl (C=O) groups is 1. The molecule has 0 unspecified atom stereocenters. The van der Waals surface area contributed by atoms with Crippen LogP contribution in [-0.2, 0) is 0 Å². The second kappa shape index (κ2) is 7.26. The quantitative estimate of drug-likeness (QED) is 0.516. The lowest BCUT2D eigenvalue weighted by atomic mass is 10.1. The maximum atomic E-state index is 13.4. The van der Waals surface area contributed by atoms with Crippen molar-refractivity contribution in [2.75, 3.05) is 29.9 Å². The van der Waals surface area contributed by atoms with Crippen molar-refractivity contribution in [2.45, 2.75) is 13.3 Å². The minimum absolute atomic E-state index is 0.0701. The van der Waals surface area contributed by atoms with E-state index in [0.29, 0.717) is 17.9 Å². The molecule has 0 fully saturated rings. The number of aryl methyl sites for hydroxylation is 1. The van der Waals surface area contributed by atoms with E-state index in [1.807, 2.05) is 74.8 Å². The van der Waals surface area contributed by atoms with Crippen LogP contribution < -0.4 is 9.80 Å². The molecule has 0 spiro atoms. The fourth-order valence-electron chi connectivity index (χ4n) is 3.77. The molecule has 2 aromatic heterocycles. The zero-order chi connectivity index (χ0) is 20.7. The van der Waals surface area contributed by atoms with Gasteiger partial charge in [-0.2, -0.15) is 5.10 Å². The lowest BCUT2D eigenvalue weighted by Gasteiger charge is -2.23. The number of carbonyl (C=O) groups excluding carboxylic acids is 1. The third-order valence-electron chi connectivity index (χ3n) is 5.37. The van der Waals surface area contributed by atoms with Gasteiger partial charge in [0.1, 0.15) is 0 Å². The minimum Gasteiger partial charge on any atom is -0.357 e. The summed E-state index contributed by atoms with van der Waals surface area (Å²) in [7, 11) is 2.00. The van der Waals surface area contributed by atoms with E-state index in [-0.39, 0.29) is 5.91 Å². The second-order valence-corrected chi connectivity index (χ2v) is 7.54. The lowest BCUT2D eigenvalue weighted by molar-refractivity contribution is 0.0986. The SMILES string of the molecule is Cc1ccn(-c2ccc(C(=O)N3CCCN(C)c4nc5ccccc5nc43)cc2)n1. The van der Waals surface area contributed by atoms with Crippen LogP contribution in [0.15, 0.2) is 60.8 Å². The smallest absolute Gasteiger partial charge is 0.259 e. The molecule has 0 radical (unpaired) electrons. The number of aromatic nitrogens is 4. The average Bonchev–Trinajstić information content (AvgIpc) is 3.15. The second-order valence-electron chi connectivity index (χ2n) is 7.54. The van der Waals surface area contributed by atoms with Crippen LogP contribution in [0.1, 0.15) is 22.5 Å². The molecule has 4 aromatic rings. The van der Waals surface area contributed by atoms with Crippen LogP contribution in [0.4, 0.5) is 11.6 Å². The summed E-state index contributed by atoms with van der Waals surface area (Å²) in [5, 5.41) is 4.42. The maximum absolute atomic E-state index is 13.4. The molecule has 0 atom stereocenters. The predicted octanol–water partition coefficient (Wildman–Crippen LogP) is 3.61. The summed E-state index contributed by atoms with van der Waals surface area (Å²) in [6, 6.07) is 17.2. The van der Waals surface area contributed by atoms with E-state index < -0.39 is 0 Å². The molecule has 1 aliphatic heterocycles. The van der Waals surface area contributed by atoms with Gasteiger partial charge in [-0.3, -0.25) is 9.69 Å². The molecular weight excluding hydrogens is 376 g/mol. The standard InChI is InChI=1S/C23H22N6O/c1-16-12-15-29(26-16)18-10-8-17(9-11-18)23(30)28-14-5-13-27(2)21-22(28)25-20-7-4-3-6-19(20)24-21/h3-4,6-12,15H,5,13-14H2,1-2H3. The van der Waals surface area contributed by atoms with Crippen molar-refractivity contribution < 1.29 is 4.79 Å². The Bertz CT molecular complexity index is 1230. The Labute approximate surface area is 174 Å². The van der Waals surface area contributed by atoms with Crippen molar-refractivity contribution in [1.82, 2.24) is 19.7 Å². The number of fused-ring (bicyclic) bond motifs is 2. The van der Waals surface area contributed by atoms with Crippen molar-refractivity contribution in [3.8, 4) is 5.69 Å². The van der Waals surface area contributed by atoms with Gasteiger partial charge >= 0.3 is 0 Å². The summed E-state index contributed by atoms with van der Waals surface area (Å²) in [5.74, 6) is 1.29. The molecular formula is C23H22N6O. The zero-order valence-corrected chi connectivity index (χ0v) is 17.0. The van der Waals surface area contributed by atoms with E-state index in [4.69, 9.17) is 9.97 Å². The van der Waals surface area contributed by atoms with Gasteiger partial charge in [-0.1, -0.05) is 12.1 Å². The highest BCUT2D eigenvalue weighted by molar-refractivity contribution is 6.07. The van der Waals surface area contributed by atoms with Gasteiger partial charge in [0.2, 0.25) is 0 Å². The molecule has 7 nitrogen and oxygen atoms in total. The Morgan fingerprint density at radius 2 is 1.60 bits per heavy atom. The van der Waals surface area contributed by atoms with Crippen LogP contribution in [0.5, 0.6) is 0 Å². The van der Waals surface area contributed by atoms with Crippen LogP contribution in [0.2, 0.25) is 0 Å². The van der Waals surface area contributed by atoms with E-state index in [2.05, 4.69) is 10.00 Å². The van der Waals surface area contributed by atoms with E-state index in [0.717, 1.165) is 41.2 Å². The topological polar surface area (TPSA) is 67.2 Å². The third-order valence-corrected chi connectivity index (χ3v) is 5.37. The molecule has 0 bridgehead atoms. The number of benzene rings is 2. The molecule has 0 saturated carbocycles. The van der Waals surface area contributed by atoms with Crippen LogP contribution in [0.25, 0.3) is 16.7 Å². The van der Waals surface area contributed by atoms with Gasteiger partial charge in [-0.05, 0) is 55.8 Å². The minimum atomic E-state index is -0.0701. The number of hydrogen-bond acceptors (Lipinski definition) is 5. The normalized spacial score (nSPS) is 13.9. The van der Waals surface area contributed by atoms with Gasteiger partial charge in [0, 0.05) is 31.9 Å². The highest BCUT2D eigenvalue weighted by atomic mass is 16.2. The third kappa shape index (κ3) is 3.18. The van der Waals surface area contributed by atoms with Crippen molar-refractivity contribution in [1.29, 1.82) is 0 Å². The Balaban J connectivity index is 1.52. The van der Waals surface area contributed by atoms with Gasteiger partial charge < -0.3 is 4.90 Å². The number of amides is 1. The Morgan fingerprint density at radius 1 is 0.900 bits per heavy atom. The molecule has 5 rings (SSSR count). The van der Waals surface area contributed by atoms with E-state index >= 15 is 0 Å². The lowest BCUT2D eigenvalue weighted by Crippen LogP contribution is -2.32. The first-order valence-electron chi connectivity index (χ1n) is 10.0. The molecule has 0 aliphatic carbocycles. The average molecular weight is 398 g/mol. The summed E-state index contributed by atoms with van der Waals surface area (Å²) in [6.45, 7) is 3.37. The Kier molecular flexibility index (Phi) is 4.43. The number of para-hydroxylation sites is 2. The predicted molar refractivity (Wildman–Crippen MR) is 117 cm³/mol.